The molecule has 0 bridgehead atoms. The second-order valence-corrected chi connectivity index (χ2v) is 7.60. The number of ether oxygens (including phenoxy) is 4. The number of para-hydroxylation sites is 1. The molecule has 1 atom stereocenters. The molecule has 1 aliphatic heterocycles. The van der Waals surface area contributed by atoms with Gasteiger partial charge >= 0.3 is 0 Å². The monoisotopic (exact) mass is 470 g/mol. The standard InChI is InChI=1S/C24H26N2O6S/c1-6-14(2)32-21-15(8-7-9-19(21)30-4)12-17-22(27)25-24(33)26(23(17)28)18-11-10-16(29-3)13-20(18)31-5/h7-14H,6H2,1-5H3,(H,25,27,33)/b17-12+/t14-/m0/s1. The van der Waals surface area contributed by atoms with Crippen molar-refractivity contribution in [1.82, 2.24) is 5.32 Å². The van der Waals surface area contributed by atoms with E-state index >= 15 is 0 Å². The molecule has 2 aromatic rings. The molecule has 0 unspecified atom stereocenters. The average molecular weight is 471 g/mol. The van der Waals surface area contributed by atoms with Crippen molar-refractivity contribution in [3.8, 4) is 23.0 Å². The smallest absolute Gasteiger partial charge is 0.270 e. The number of rotatable bonds is 8. The van der Waals surface area contributed by atoms with Gasteiger partial charge in [-0.3, -0.25) is 14.9 Å². The Hall–Kier alpha value is -3.59. The predicted octanol–water partition coefficient (Wildman–Crippen LogP) is 3.72. The van der Waals surface area contributed by atoms with Crippen molar-refractivity contribution in [3.63, 3.8) is 0 Å². The number of nitrogens with one attached hydrogen (secondary N) is 1. The van der Waals surface area contributed by atoms with Crippen molar-refractivity contribution in [1.29, 1.82) is 0 Å². The van der Waals surface area contributed by atoms with Gasteiger partial charge in [0.05, 0.1) is 33.1 Å². The molecule has 174 valence electrons. The molecule has 33 heavy (non-hydrogen) atoms. The van der Waals surface area contributed by atoms with E-state index in [9.17, 15) is 9.59 Å². The summed E-state index contributed by atoms with van der Waals surface area (Å²) in [7, 11) is 4.53. The third kappa shape index (κ3) is 4.93. The van der Waals surface area contributed by atoms with Crippen LogP contribution in [0.25, 0.3) is 6.08 Å². The molecule has 2 aromatic carbocycles. The van der Waals surface area contributed by atoms with E-state index in [1.54, 1.807) is 36.4 Å². The van der Waals surface area contributed by atoms with Gasteiger partial charge in [0.2, 0.25) is 0 Å². The van der Waals surface area contributed by atoms with E-state index in [0.29, 0.717) is 34.2 Å². The summed E-state index contributed by atoms with van der Waals surface area (Å²) in [5.41, 5.74) is 0.798. The number of carbonyl (C=O) groups is 2. The predicted molar refractivity (Wildman–Crippen MR) is 129 cm³/mol. The fourth-order valence-electron chi connectivity index (χ4n) is 3.22. The van der Waals surface area contributed by atoms with Crippen LogP contribution in [0.4, 0.5) is 5.69 Å². The van der Waals surface area contributed by atoms with E-state index < -0.39 is 11.8 Å². The highest BCUT2D eigenvalue weighted by Crippen LogP contribution is 2.36. The zero-order valence-electron chi connectivity index (χ0n) is 19.1. The first-order chi connectivity index (χ1) is 15.8. The number of hydrogen-bond donors (Lipinski definition) is 1. The highest BCUT2D eigenvalue weighted by atomic mass is 32.1. The number of anilines is 1. The zero-order valence-corrected chi connectivity index (χ0v) is 19.9. The Morgan fingerprint density at radius 2 is 1.79 bits per heavy atom. The van der Waals surface area contributed by atoms with Crippen LogP contribution in [0.15, 0.2) is 42.0 Å². The maximum atomic E-state index is 13.5. The van der Waals surface area contributed by atoms with Crippen molar-refractivity contribution >= 4 is 40.9 Å². The number of hydrogen-bond acceptors (Lipinski definition) is 7. The van der Waals surface area contributed by atoms with Crippen LogP contribution < -0.4 is 29.2 Å². The van der Waals surface area contributed by atoms with Crippen LogP contribution >= 0.6 is 12.2 Å². The number of thiocarbonyl (C=S) groups is 1. The number of nitrogens with zero attached hydrogens (tertiary/aromatic N) is 1. The Balaban J connectivity index is 2.09. The Morgan fingerprint density at radius 1 is 1.06 bits per heavy atom. The highest BCUT2D eigenvalue weighted by Gasteiger charge is 2.36. The molecule has 1 aliphatic rings. The molecule has 1 fully saturated rings. The van der Waals surface area contributed by atoms with Gasteiger partial charge in [-0.25, -0.2) is 4.90 Å². The number of carbonyl (C=O) groups excluding carboxylic acids is 2. The van der Waals surface area contributed by atoms with E-state index in [2.05, 4.69) is 5.32 Å². The van der Waals surface area contributed by atoms with Gasteiger partial charge in [0, 0.05) is 11.6 Å². The molecular formula is C24H26N2O6S. The first-order valence-electron chi connectivity index (χ1n) is 10.3. The molecule has 0 aromatic heterocycles. The summed E-state index contributed by atoms with van der Waals surface area (Å²) < 4.78 is 22.1. The van der Waals surface area contributed by atoms with Gasteiger partial charge in [-0.2, -0.15) is 0 Å². The van der Waals surface area contributed by atoms with Crippen molar-refractivity contribution < 1.29 is 28.5 Å². The maximum absolute atomic E-state index is 13.5. The van der Waals surface area contributed by atoms with E-state index in [-0.39, 0.29) is 16.8 Å². The Morgan fingerprint density at radius 3 is 2.42 bits per heavy atom. The summed E-state index contributed by atoms with van der Waals surface area (Å²) in [5, 5.41) is 2.53. The molecule has 9 heteroatoms. The topological polar surface area (TPSA) is 86.3 Å². The van der Waals surface area contributed by atoms with Crippen LogP contribution in [-0.2, 0) is 9.59 Å². The van der Waals surface area contributed by atoms with E-state index in [1.807, 2.05) is 13.8 Å². The molecule has 1 saturated heterocycles. The Bertz CT molecular complexity index is 1110. The number of amides is 2. The summed E-state index contributed by atoms with van der Waals surface area (Å²) in [6.45, 7) is 3.93. The zero-order chi connectivity index (χ0) is 24.1. The maximum Gasteiger partial charge on any atom is 0.270 e. The SMILES string of the molecule is CC[C@H](C)Oc1c(/C=C2\C(=O)NC(=S)N(c3ccc(OC)cc3OC)C2=O)cccc1OC. The normalized spacial score (nSPS) is 15.8. The first kappa shape index (κ1) is 24.1. The second-order valence-electron chi connectivity index (χ2n) is 7.21. The summed E-state index contributed by atoms with van der Waals surface area (Å²) in [4.78, 5) is 27.4. The molecular weight excluding hydrogens is 444 g/mol. The van der Waals surface area contributed by atoms with Gasteiger partial charge in [-0.15, -0.1) is 0 Å². The van der Waals surface area contributed by atoms with Gasteiger partial charge in [0.1, 0.15) is 17.1 Å². The highest BCUT2D eigenvalue weighted by molar-refractivity contribution is 7.80. The molecule has 0 radical (unpaired) electrons. The molecule has 0 aliphatic carbocycles. The first-order valence-corrected chi connectivity index (χ1v) is 10.7. The molecule has 3 rings (SSSR count). The summed E-state index contributed by atoms with van der Waals surface area (Å²) >= 11 is 5.30. The third-order valence-electron chi connectivity index (χ3n) is 5.15. The molecule has 0 spiro atoms. The lowest BCUT2D eigenvalue weighted by Gasteiger charge is -2.30. The lowest BCUT2D eigenvalue weighted by Crippen LogP contribution is -2.54. The van der Waals surface area contributed by atoms with Gasteiger partial charge in [-0.05, 0) is 49.8 Å². The number of methoxy groups -OCH3 is 3. The quantitative estimate of drug-likeness (QED) is 0.357. The van der Waals surface area contributed by atoms with E-state index in [4.69, 9.17) is 31.2 Å². The summed E-state index contributed by atoms with van der Waals surface area (Å²) in [5.74, 6) is 0.661. The van der Waals surface area contributed by atoms with Crippen molar-refractivity contribution in [3.05, 3.63) is 47.5 Å². The molecule has 1 heterocycles. The molecule has 0 saturated carbocycles. The van der Waals surface area contributed by atoms with Crippen LogP contribution in [-0.4, -0.2) is 44.4 Å². The Kier molecular flexibility index (Phi) is 7.55. The lowest BCUT2D eigenvalue weighted by molar-refractivity contribution is -0.122. The minimum Gasteiger partial charge on any atom is -0.497 e. The fourth-order valence-corrected chi connectivity index (χ4v) is 3.49. The van der Waals surface area contributed by atoms with Crippen molar-refractivity contribution in [2.45, 2.75) is 26.4 Å². The van der Waals surface area contributed by atoms with Crippen LogP contribution in [0.2, 0.25) is 0 Å². The van der Waals surface area contributed by atoms with Crippen molar-refractivity contribution in [2.24, 2.45) is 0 Å². The fraction of sp³-hybridized carbons (Fsp3) is 0.292. The average Bonchev–Trinajstić information content (AvgIpc) is 2.82. The van der Waals surface area contributed by atoms with Gasteiger partial charge in [-0.1, -0.05) is 19.1 Å². The minimum atomic E-state index is -0.606. The van der Waals surface area contributed by atoms with Crippen molar-refractivity contribution in [2.75, 3.05) is 26.2 Å². The summed E-state index contributed by atoms with van der Waals surface area (Å²) in [6, 6.07) is 10.2. The van der Waals surface area contributed by atoms with Crippen LogP contribution in [0.5, 0.6) is 23.0 Å². The van der Waals surface area contributed by atoms with Gasteiger partial charge in [0.25, 0.3) is 11.8 Å². The third-order valence-corrected chi connectivity index (χ3v) is 5.44. The molecule has 2 amide bonds. The number of benzene rings is 2. The largest absolute Gasteiger partial charge is 0.497 e. The van der Waals surface area contributed by atoms with Crippen LogP contribution in [0.1, 0.15) is 25.8 Å². The lowest BCUT2D eigenvalue weighted by atomic mass is 10.1. The van der Waals surface area contributed by atoms with Gasteiger partial charge < -0.3 is 18.9 Å². The van der Waals surface area contributed by atoms with E-state index in [0.717, 1.165) is 6.42 Å². The van der Waals surface area contributed by atoms with Crippen LogP contribution in [0.3, 0.4) is 0 Å². The van der Waals surface area contributed by atoms with Gasteiger partial charge in [0.15, 0.2) is 16.6 Å². The summed E-state index contributed by atoms with van der Waals surface area (Å²) in [6.07, 6.45) is 2.15. The van der Waals surface area contributed by atoms with E-state index in [1.165, 1.54) is 32.3 Å². The molecule has 8 nitrogen and oxygen atoms in total. The molecule has 1 N–H and O–H groups in total. The van der Waals surface area contributed by atoms with Crippen LogP contribution in [0, 0.1) is 0 Å². The minimum absolute atomic E-state index is 0.0488. The second kappa shape index (κ2) is 10.4. The Labute approximate surface area is 198 Å².